The molecule has 0 radical (unpaired) electrons. The van der Waals surface area contributed by atoms with Gasteiger partial charge in [-0.1, -0.05) is 18.2 Å². The summed E-state index contributed by atoms with van der Waals surface area (Å²) in [7, 11) is 0. The highest BCUT2D eigenvalue weighted by Crippen LogP contribution is 2.32. The first-order valence-corrected chi connectivity index (χ1v) is 6.88. The number of hydrogen-bond donors (Lipinski definition) is 1. The van der Waals surface area contributed by atoms with Crippen LogP contribution in [0.4, 0.5) is 0 Å². The van der Waals surface area contributed by atoms with Gasteiger partial charge in [0.1, 0.15) is 0 Å². The number of para-hydroxylation sites is 1. The molecule has 3 nitrogen and oxygen atoms in total. The number of aromatic nitrogens is 1. The molecule has 0 aliphatic carbocycles. The van der Waals surface area contributed by atoms with E-state index in [2.05, 4.69) is 4.98 Å². The number of hydrogen-bond acceptors (Lipinski definition) is 3. The fourth-order valence-corrected chi connectivity index (χ4v) is 2.85. The molecule has 1 aromatic heterocycles. The number of benzene rings is 1. The molecule has 100 valence electrons. The van der Waals surface area contributed by atoms with Gasteiger partial charge in [0.05, 0.1) is 18.2 Å². The highest BCUT2D eigenvalue weighted by Gasteiger charge is 2.25. The lowest BCUT2D eigenvalue weighted by atomic mass is 9.89. The maximum Gasteiger partial charge on any atom is 0.0847 e. The molecule has 1 aromatic carbocycles. The smallest absolute Gasteiger partial charge is 0.0847 e. The average molecular weight is 257 g/mol. The van der Waals surface area contributed by atoms with Gasteiger partial charge in [-0.15, -0.1) is 0 Å². The number of rotatable bonds is 2. The summed E-state index contributed by atoms with van der Waals surface area (Å²) in [6, 6.07) is 10.0. The molecule has 0 bridgehead atoms. The summed E-state index contributed by atoms with van der Waals surface area (Å²) in [5.74, 6) is 0.193. The second-order valence-electron chi connectivity index (χ2n) is 5.29. The Bertz CT molecular complexity index is 576. The zero-order valence-electron chi connectivity index (χ0n) is 11.2. The van der Waals surface area contributed by atoms with Crippen LogP contribution in [-0.2, 0) is 4.74 Å². The van der Waals surface area contributed by atoms with E-state index in [1.165, 1.54) is 0 Å². The number of fused-ring (bicyclic) bond motifs is 1. The summed E-state index contributed by atoms with van der Waals surface area (Å²) in [6.45, 7) is 3.44. The largest absolute Gasteiger partial charge is 0.388 e. The fraction of sp³-hybridized carbons (Fsp3) is 0.438. The standard InChI is InChI=1S/C16H19NO2/c1-11-9-14(13-6-2-3-7-15(13)17-11)16(18)12-5-4-8-19-10-12/h2-3,6-7,9,12,16,18H,4-5,8,10H2,1H3. The second kappa shape index (κ2) is 5.27. The number of aliphatic hydroxyl groups is 1. The van der Waals surface area contributed by atoms with Crippen molar-refractivity contribution < 1.29 is 9.84 Å². The van der Waals surface area contributed by atoms with Gasteiger partial charge in [-0.2, -0.15) is 0 Å². The minimum Gasteiger partial charge on any atom is -0.388 e. The Kier molecular flexibility index (Phi) is 3.49. The zero-order chi connectivity index (χ0) is 13.2. The van der Waals surface area contributed by atoms with E-state index in [1.54, 1.807) is 0 Å². The van der Waals surface area contributed by atoms with Crippen LogP contribution in [0, 0.1) is 12.8 Å². The van der Waals surface area contributed by atoms with Crippen LogP contribution in [-0.4, -0.2) is 23.3 Å². The van der Waals surface area contributed by atoms with E-state index < -0.39 is 6.10 Å². The molecule has 3 heteroatoms. The molecule has 1 fully saturated rings. The summed E-state index contributed by atoms with van der Waals surface area (Å²) < 4.78 is 5.49. The van der Waals surface area contributed by atoms with Gasteiger partial charge in [-0.05, 0) is 37.5 Å². The number of aliphatic hydroxyl groups excluding tert-OH is 1. The van der Waals surface area contributed by atoms with E-state index in [4.69, 9.17) is 4.74 Å². The van der Waals surface area contributed by atoms with E-state index in [9.17, 15) is 5.11 Å². The third-order valence-corrected chi connectivity index (χ3v) is 3.84. The Balaban J connectivity index is 2.03. The van der Waals surface area contributed by atoms with Crippen molar-refractivity contribution in [2.45, 2.75) is 25.9 Å². The first-order valence-electron chi connectivity index (χ1n) is 6.88. The molecule has 0 saturated carbocycles. The van der Waals surface area contributed by atoms with Gasteiger partial charge in [0.2, 0.25) is 0 Å². The number of pyridine rings is 1. The van der Waals surface area contributed by atoms with Crippen LogP contribution in [0.25, 0.3) is 10.9 Å². The van der Waals surface area contributed by atoms with Crippen molar-refractivity contribution in [3.8, 4) is 0 Å². The maximum atomic E-state index is 10.7. The lowest BCUT2D eigenvalue weighted by Gasteiger charge is -2.27. The topological polar surface area (TPSA) is 42.4 Å². The summed E-state index contributed by atoms with van der Waals surface area (Å²) in [5, 5.41) is 11.7. The van der Waals surface area contributed by atoms with E-state index in [-0.39, 0.29) is 5.92 Å². The van der Waals surface area contributed by atoms with Crippen molar-refractivity contribution in [1.82, 2.24) is 4.98 Å². The Hall–Kier alpha value is -1.45. The average Bonchev–Trinajstić information content (AvgIpc) is 2.46. The minimum atomic E-state index is -0.466. The van der Waals surface area contributed by atoms with Gasteiger partial charge < -0.3 is 9.84 Å². The van der Waals surface area contributed by atoms with Gasteiger partial charge in [0.15, 0.2) is 0 Å². The van der Waals surface area contributed by atoms with Crippen molar-refractivity contribution in [3.63, 3.8) is 0 Å². The second-order valence-corrected chi connectivity index (χ2v) is 5.29. The monoisotopic (exact) mass is 257 g/mol. The van der Waals surface area contributed by atoms with Crippen molar-refractivity contribution in [1.29, 1.82) is 0 Å². The summed E-state index contributed by atoms with van der Waals surface area (Å²) in [4.78, 5) is 4.52. The third-order valence-electron chi connectivity index (χ3n) is 3.84. The van der Waals surface area contributed by atoms with Gasteiger partial charge in [-0.25, -0.2) is 0 Å². The molecular weight excluding hydrogens is 238 g/mol. The highest BCUT2D eigenvalue weighted by atomic mass is 16.5. The van der Waals surface area contributed by atoms with E-state index in [0.29, 0.717) is 6.61 Å². The van der Waals surface area contributed by atoms with E-state index in [0.717, 1.165) is 41.6 Å². The predicted molar refractivity (Wildman–Crippen MR) is 75.0 cm³/mol. The Labute approximate surface area is 113 Å². The van der Waals surface area contributed by atoms with Crippen LogP contribution in [0.3, 0.4) is 0 Å². The molecule has 1 saturated heterocycles. The molecule has 0 amide bonds. The molecule has 1 N–H and O–H groups in total. The molecule has 2 aromatic rings. The van der Waals surface area contributed by atoms with Crippen LogP contribution in [0.1, 0.15) is 30.2 Å². The first kappa shape index (κ1) is 12.6. The van der Waals surface area contributed by atoms with Crippen molar-refractivity contribution >= 4 is 10.9 Å². The molecule has 2 atom stereocenters. The van der Waals surface area contributed by atoms with Crippen molar-refractivity contribution in [2.24, 2.45) is 5.92 Å². The molecule has 2 heterocycles. The summed E-state index contributed by atoms with van der Waals surface area (Å²) in [5.41, 5.74) is 2.89. The van der Waals surface area contributed by atoms with Crippen LogP contribution in [0.5, 0.6) is 0 Å². The van der Waals surface area contributed by atoms with Crippen molar-refractivity contribution in [2.75, 3.05) is 13.2 Å². The lowest BCUT2D eigenvalue weighted by Crippen LogP contribution is -2.24. The van der Waals surface area contributed by atoms with Crippen LogP contribution in [0.2, 0.25) is 0 Å². The van der Waals surface area contributed by atoms with Gasteiger partial charge in [-0.3, -0.25) is 4.98 Å². The fourth-order valence-electron chi connectivity index (χ4n) is 2.85. The molecule has 3 rings (SSSR count). The number of ether oxygens (including phenoxy) is 1. The summed E-state index contributed by atoms with van der Waals surface area (Å²) >= 11 is 0. The Morgan fingerprint density at radius 1 is 1.37 bits per heavy atom. The molecule has 2 unspecified atom stereocenters. The van der Waals surface area contributed by atoms with Crippen LogP contribution in [0.15, 0.2) is 30.3 Å². The summed E-state index contributed by atoms with van der Waals surface area (Å²) in [6.07, 6.45) is 1.59. The number of nitrogens with zero attached hydrogens (tertiary/aromatic N) is 1. The molecule has 1 aliphatic heterocycles. The highest BCUT2D eigenvalue weighted by molar-refractivity contribution is 5.82. The Morgan fingerprint density at radius 3 is 3.00 bits per heavy atom. The maximum absolute atomic E-state index is 10.7. The zero-order valence-corrected chi connectivity index (χ0v) is 11.2. The minimum absolute atomic E-state index is 0.193. The van der Waals surface area contributed by atoms with Crippen LogP contribution < -0.4 is 0 Å². The predicted octanol–water partition coefficient (Wildman–Crippen LogP) is 3.00. The molecule has 19 heavy (non-hydrogen) atoms. The molecule has 1 aliphatic rings. The van der Waals surface area contributed by atoms with Gasteiger partial charge >= 0.3 is 0 Å². The van der Waals surface area contributed by atoms with Gasteiger partial charge in [0.25, 0.3) is 0 Å². The molecular formula is C16H19NO2. The molecule has 0 spiro atoms. The quantitative estimate of drug-likeness (QED) is 0.899. The number of aryl methyl sites for hydroxylation is 1. The van der Waals surface area contributed by atoms with Crippen molar-refractivity contribution in [3.05, 3.63) is 41.6 Å². The van der Waals surface area contributed by atoms with E-state index >= 15 is 0 Å². The van der Waals surface area contributed by atoms with Crippen LogP contribution >= 0.6 is 0 Å². The van der Waals surface area contributed by atoms with Gasteiger partial charge in [0, 0.05) is 23.6 Å². The SMILES string of the molecule is Cc1cc(C(O)C2CCCOC2)c2ccccc2n1. The lowest BCUT2D eigenvalue weighted by molar-refractivity contribution is -0.00946. The Morgan fingerprint density at radius 2 is 2.21 bits per heavy atom. The van der Waals surface area contributed by atoms with E-state index in [1.807, 2.05) is 37.3 Å². The third kappa shape index (κ3) is 2.48. The normalized spacial score (nSPS) is 21.5. The first-order chi connectivity index (χ1) is 9.25.